The number of nitrogens with zero attached hydrogens (tertiary/aromatic N) is 2. The van der Waals surface area contributed by atoms with E-state index in [0.29, 0.717) is 42.5 Å². The number of aliphatic carboxylic acids is 1. The lowest BCUT2D eigenvalue weighted by Gasteiger charge is -2.49. The summed E-state index contributed by atoms with van der Waals surface area (Å²) in [6, 6.07) is 20.0. The number of benzene rings is 3. The Morgan fingerprint density at radius 2 is 1.60 bits per heavy atom. The lowest BCUT2D eigenvalue weighted by molar-refractivity contribution is -0.141. The Labute approximate surface area is 319 Å². The zero-order chi connectivity index (χ0) is 39.0. The van der Waals surface area contributed by atoms with Crippen LogP contribution in [0.5, 0.6) is 17.2 Å². The summed E-state index contributed by atoms with van der Waals surface area (Å²) in [6.45, 7) is 2.15. The van der Waals surface area contributed by atoms with Gasteiger partial charge in [-0.1, -0.05) is 78.3 Å². The number of hydrogen-bond donors (Lipinski definition) is 3. The highest BCUT2D eigenvalue weighted by Gasteiger charge is 2.69. The molecule has 55 heavy (non-hydrogen) atoms. The van der Waals surface area contributed by atoms with E-state index >= 15 is 4.79 Å². The number of nitrogens with one attached hydrogen (secondary N) is 1. The number of likely N-dealkylation sites (tertiary alicyclic amines) is 1. The van der Waals surface area contributed by atoms with Crippen LogP contribution < -0.4 is 14.9 Å². The second-order valence-corrected chi connectivity index (χ2v) is 14.8. The number of carbonyl (C=O) groups excluding carboxylic acids is 4. The number of hydrogen-bond acceptors (Lipinski definition) is 9. The summed E-state index contributed by atoms with van der Waals surface area (Å²) in [4.78, 5) is 70.5. The quantitative estimate of drug-likeness (QED) is 0.109. The number of aryl methyl sites for hydroxylation is 1. The van der Waals surface area contributed by atoms with E-state index in [1.54, 1.807) is 12.1 Å². The summed E-state index contributed by atoms with van der Waals surface area (Å²) in [5.41, 5.74) is 5.35. The first-order valence-corrected chi connectivity index (χ1v) is 18.7. The van der Waals surface area contributed by atoms with Crippen molar-refractivity contribution in [3.8, 4) is 17.2 Å². The minimum absolute atomic E-state index is 0.0220. The number of ether oxygens (including phenoxy) is 2. The molecule has 3 fully saturated rings. The Hall–Kier alpha value is -5.91. The summed E-state index contributed by atoms with van der Waals surface area (Å²) in [5, 5.41) is 20.8. The van der Waals surface area contributed by atoms with E-state index in [1.165, 1.54) is 19.1 Å². The van der Waals surface area contributed by atoms with Crippen LogP contribution in [0.1, 0.15) is 55.2 Å². The van der Waals surface area contributed by atoms with E-state index in [0.717, 1.165) is 16.1 Å². The number of phenolic OH excluding ortho intramolecular Hbond substituents is 1. The van der Waals surface area contributed by atoms with Crippen LogP contribution in [0.3, 0.4) is 0 Å². The molecule has 3 aromatic carbocycles. The van der Waals surface area contributed by atoms with Gasteiger partial charge in [0.05, 0.1) is 43.1 Å². The number of rotatable bonds is 13. The Balaban J connectivity index is 1.34. The predicted octanol–water partition coefficient (Wildman–Crippen LogP) is 5.89. The molecule has 12 nitrogen and oxygen atoms in total. The van der Waals surface area contributed by atoms with Gasteiger partial charge in [-0.3, -0.25) is 34.3 Å². The van der Waals surface area contributed by atoms with Crippen molar-refractivity contribution < 1.29 is 43.7 Å². The van der Waals surface area contributed by atoms with E-state index in [1.807, 2.05) is 79.7 Å². The molecular weight excluding hydrogens is 702 g/mol. The maximum absolute atomic E-state index is 15.2. The van der Waals surface area contributed by atoms with Crippen LogP contribution >= 0.6 is 0 Å². The molecule has 286 valence electrons. The van der Waals surface area contributed by atoms with E-state index in [4.69, 9.17) is 14.6 Å². The Kier molecular flexibility index (Phi) is 10.3. The maximum atomic E-state index is 15.2. The van der Waals surface area contributed by atoms with Gasteiger partial charge in [0.15, 0.2) is 11.5 Å². The molecule has 2 aliphatic heterocycles. The van der Waals surface area contributed by atoms with E-state index in [9.17, 15) is 24.3 Å². The van der Waals surface area contributed by atoms with Crippen LogP contribution in [0.25, 0.3) is 6.08 Å². The van der Waals surface area contributed by atoms with Crippen LogP contribution in [0.2, 0.25) is 0 Å². The molecule has 0 radical (unpaired) electrons. The highest BCUT2D eigenvalue weighted by Crippen LogP contribution is 2.61. The van der Waals surface area contributed by atoms with Gasteiger partial charge in [-0.2, -0.15) is 5.01 Å². The number of carboxylic acids is 1. The third kappa shape index (κ3) is 6.43. The monoisotopic (exact) mass is 747 g/mol. The first-order valence-electron chi connectivity index (χ1n) is 18.7. The van der Waals surface area contributed by atoms with Crippen LogP contribution in [-0.2, 0) is 29.4 Å². The number of carboxylic acid groups (broad SMARTS) is 1. The first kappa shape index (κ1) is 37.4. The van der Waals surface area contributed by atoms with Crippen molar-refractivity contribution in [2.75, 3.05) is 26.2 Å². The van der Waals surface area contributed by atoms with Crippen LogP contribution in [0.15, 0.2) is 84.5 Å². The molecular formula is C43H45N3O9. The number of phenols is 1. The normalized spacial score (nSPS) is 25.8. The number of allylic oxidation sites excluding steroid dienone is 3. The fourth-order valence-electron chi connectivity index (χ4n) is 9.22. The molecule has 6 atom stereocenters. The summed E-state index contributed by atoms with van der Waals surface area (Å²) in [6.07, 6.45) is 7.70. The van der Waals surface area contributed by atoms with E-state index < -0.39 is 52.8 Å². The Morgan fingerprint density at radius 1 is 0.909 bits per heavy atom. The average molecular weight is 748 g/mol. The predicted molar refractivity (Wildman–Crippen MR) is 203 cm³/mol. The molecule has 0 spiro atoms. The highest BCUT2D eigenvalue weighted by atomic mass is 16.5. The molecule has 7 rings (SSSR count). The summed E-state index contributed by atoms with van der Waals surface area (Å²) < 4.78 is 10.8. The van der Waals surface area contributed by atoms with Gasteiger partial charge in [-0.25, -0.2) is 0 Å². The second kappa shape index (κ2) is 15.1. The molecule has 12 heteroatoms. The smallest absolute Gasteiger partial charge is 0.303 e. The number of amides is 4. The van der Waals surface area contributed by atoms with Crippen molar-refractivity contribution in [1.82, 2.24) is 9.91 Å². The van der Waals surface area contributed by atoms with Gasteiger partial charge >= 0.3 is 5.97 Å². The molecule has 1 saturated carbocycles. The van der Waals surface area contributed by atoms with Gasteiger partial charge in [0.25, 0.3) is 11.8 Å². The van der Waals surface area contributed by atoms with Crippen LogP contribution in [-0.4, -0.2) is 70.5 Å². The first-order chi connectivity index (χ1) is 26.5. The summed E-state index contributed by atoms with van der Waals surface area (Å²) >= 11 is 0. The Morgan fingerprint density at radius 3 is 2.25 bits per heavy atom. The van der Waals surface area contributed by atoms with E-state index in [2.05, 4.69) is 5.43 Å². The molecule has 3 N–H and O–H groups in total. The molecule has 2 saturated heterocycles. The fraction of sp³-hybridized carbons (Fsp3) is 0.372. The number of anilines is 1. The average Bonchev–Trinajstić information content (AvgIpc) is 3.55. The molecule has 0 bridgehead atoms. The van der Waals surface area contributed by atoms with Crippen molar-refractivity contribution in [3.05, 3.63) is 101 Å². The maximum Gasteiger partial charge on any atom is 0.303 e. The zero-order valence-electron chi connectivity index (χ0n) is 31.1. The van der Waals surface area contributed by atoms with Crippen molar-refractivity contribution in [2.24, 2.45) is 29.6 Å². The fourth-order valence-corrected chi connectivity index (χ4v) is 9.22. The standard InChI is InChI=1S/C43H45N3O9/c1-25-13-16-28(17-14-25)44-46-40(51)33-24-31-29(18-19-30-37(31)41(52)45(39(30)50)21-9-5-8-12-36(47)48)32(43(33,42(46)53)27-10-6-4-7-11-27)20-15-26-22-34(54-2)38(49)35(23-26)55-3/h4,6-7,10-11,13-18,20,22-23,30-33,37,44,49H,5,8-9,12,19,21,24H2,1-3H3,(H,47,48). The molecule has 0 aromatic heterocycles. The van der Waals surface area contributed by atoms with E-state index in [-0.39, 0.29) is 48.4 Å². The lowest BCUT2D eigenvalue weighted by Crippen LogP contribution is -2.54. The number of fused-ring (bicyclic) bond motifs is 4. The van der Waals surface area contributed by atoms with Crippen molar-refractivity contribution in [1.29, 1.82) is 0 Å². The third-order valence-electron chi connectivity index (χ3n) is 11.8. The van der Waals surface area contributed by atoms with Gasteiger partial charge in [0.2, 0.25) is 17.6 Å². The summed E-state index contributed by atoms with van der Waals surface area (Å²) in [5.74, 6) is -5.51. The van der Waals surface area contributed by atoms with Crippen molar-refractivity contribution >= 4 is 41.4 Å². The number of methoxy groups -OCH3 is 2. The van der Waals surface area contributed by atoms with Gasteiger partial charge in [0, 0.05) is 18.9 Å². The number of hydrazine groups is 1. The second-order valence-electron chi connectivity index (χ2n) is 14.8. The lowest BCUT2D eigenvalue weighted by atomic mass is 9.50. The van der Waals surface area contributed by atoms with Gasteiger partial charge < -0.3 is 19.7 Å². The van der Waals surface area contributed by atoms with Gasteiger partial charge in [-0.05, 0) is 73.9 Å². The molecule has 4 aliphatic rings. The zero-order valence-corrected chi connectivity index (χ0v) is 31.1. The number of carbonyl (C=O) groups is 5. The van der Waals surface area contributed by atoms with Gasteiger partial charge in [-0.15, -0.1) is 0 Å². The highest BCUT2D eigenvalue weighted by molar-refractivity contribution is 6.13. The Bertz CT molecular complexity index is 2050. The number of imide groups is 2. The summed E-state index contributed by atoms with van der Waals surface area (Å²) in [7, 11) is 2.87. The van der Waals surface area contributed by atoms with Crippen LogP contribution in [0.4, 0.5) is 5.69 Å². The third-order valence-corrected chi connectivity index (χ3v) is 11.8. The van der Waals surface area contributed by atoms with Gasteiger partial charge in [0.1, 0.15) is 0 Å². The molecule has 2 heterocycles. The molecule has 3 aromatic rings. The molecule has 2 aliphatic carbocycles. The van der Waals surface area contributed by atoms with Crippen molar-refractivity contribution in [3.63, 3.8) is 0 Å². The largest absolute Gasteiger partial charge is 0.502 e. The SMILES string of the molecule is COc1cc(C=CC2C3=CCC4C(=O)N(CCCCCC(=O)O)C(=O)C4C3CC3C(=O)N(Nc4ccc(C)cc4)C(=O)C23c2ccccc2)cc(OC)c1O. The number of unbranched alkanes of at least 4 members (excludes halogenated alkanes) is 2. The minimum atomic E-state index is -1.41. The van der Waals surface area contributed by atoms with Crippen LogP contribution in [0, 0.1) is 36.5 Å². The molecule has 4 amide bonds. The van der Waals surface area contributed by atoms with Crippen molar-refractivity contribution in [2.45, 2.75) is 50.9 Å². The minimum Gasteiger partial charge on any atom is -0.502 e. The number of aromatic hydroxyl groups is 1. The topological polar surface area (TPSA) is 163 Å². The molecule has 6 unspecified atom stereocenters.